The molecule has 8 heteroatoms. The number of carbonyl (C=O) groups excluding carboxylic acids is 3. The number of fused-ring (bicyclic) bond motifs is 1. The molecule has 0 radical (unpaired) electrons. The minimum absolute atomic E-state index is 0.203. The van der Waals surface area contributed by atoms with Gasteiger partial charge in [0.2, 0.25) is 0 Å². The van der Waals surface area contributed by atoms with Crippen molar-refractivity contribution in [2.45, 2.75) is 56.3 Å². The fraction of sp³-hybridized carbons (Fsp3) is 0.452. The van der Waals surface area contributed by atoms with Crippen LogP contribution in [0.3, 0.4) is 0 Å². The van der Waals surface area contributed by atoms with Crippen molar-refractivity contribution in [1.82, 2.24) is 9.80 Å². The average molecular weight is 529 g/mol. The SMILES string of the molecule is CC(=O)Oc1ccc2c3c1OC1C(OCCCCN4C(=O)c5ccccc5C4=O)C=C[C@H]4[C@@H](C2)N(C)CC[C@]314. The first-order chi connectivity index (χ1) is 18.9. The van der Waals surface area contributed by atoms with Crippen molar-refractivity contribution >= 4 is 17.8 Å². The van der Waals surface area contributed by atoms with Gasteiger partial charge in [0.1, 0.15) is 12.2 Å². The number of hydrogen-bond acceptors (Lipinski definition) is 7. The lowest BCUT2D eigenvalue weighted by atomic mass is 9.53. The van der Waals surface area contributed by atoms with E-state index < -0.39 is 0 Å². The largest absolute Gasteiger partial charge is 0.482 e. The van der Waals surface area contributed by atoms with Crippen LogP contribution in [0.15, 0.2) is 48.6 Å². The van der Waals surface area contributed by atoms with E-state index >= 15 is 0 Å². The van der Waals surface area contributed by atoms with Gasteiger partial charge in [0.25, 0.3) is 11.8 Å². The molecular formula is C31H32N2O6. The van der Waals surface area contributed by atoms with Crippen LogP contribution < -0.4 is 9.47 Å². The first-order valence-corrected chi connectivity index (χ1v) is 13.9. The molecule has 0 saturated carbocycles. The Balaban J connectivity index is 1.07. The van der Waals surface area contributed by atoms with Gasteiger partial charge in [-0.25, -0.2) is 0 Å². The summed E-state index contributed by atoms with van der Waals surface area (Å²) in [5, 5.41) is 0. The smallest absolute Gasteiger partial charge is 0.308 e. The fourth-order valence-corrected chi connectivity index (χ4v) is 7.62. The van der Waals surface area contributed by atoms with Crippen molar-refractivity contribution in [2.75, 3.05) is 26.7 Å². The molecule has 202 valence electrons. The van der Waals surface area contributed by atoms with Gasteiger partial charge < -0.3 is 19.1 Å². The summed E-state index contributed by atoms with van der Waals surface area (Å²) in [5.41, 5.74) is 3.22. The van der Waals surface area contributed by atoms with E-state index in [1.807, 2.05) is 6.07 Å². The van der Waals surface area contributed by atoms with E-state index in [0.29, 0.717) is 60.6 Å². The molecule has 2 unspecified atom stereocenters. The number of nitrogens with zero attached hydrogens (tertiary/aromatic N) is 2. The minimum Gasteiger partial charge on any atom is -0.482 e. The van der Waals surface area contributed by atoms with Gasteiger partial charge in [-0.2, -0.15) is 0 Å². The zero-order valence-electron chi connectivity index (χ0n) is 22.2. The summed E-state index contributed by atoms with van der Waals surface area (Å²) in [4.78, 5) is 40.9. The van der Waals surface area contributed by atoms with Crippen LogP contribution >= 0.6 is 0 Å². The molecule has 2 aromatic carbocycles. The third-order valence-electron chi connectivity index (χ3n) is 9.33. The molecule has 8 nitrogen and oxygen atoms in total. The van der Waals surface area contributed by atoms with Gasteiger partial charge in [0.05, 0.1) is 11.1 Å². The number of rotatable bonds is 7. The zero-order chi connectivity index (χ0) is 26.9. The third kappa shape index (κ3) is 3.54. The molecule has 2 bridgehead atoms. The third-order valence-corrected chi connectivity index (χ3v) is 9.33. The quantitative estimate of drug-likeness (QED) is 0.179. The second-order valence-electron chi connectivity index (χ2n) is 11.4. The van der Waals surface area contributed by atoms with Crippen LogP contribution in [-0.2, 0) is 21.4 Å². The molecule has 0 aromatic heterocycles. The number of piperidine rings is 1. The summed E-state index contributed by atoms with van der Waals surface area (Å²) < 4.78 is 18.7. The van der Waals surface area contributed by atoms with Gasteiger partial charge in [-0.15, -0.1) is 0 Å². The van der Waals surface area contributed by atoms with Crippen molar-refractivity contribution < 1.29 is 28.6 Å². The molecule has 5 aliphatic rings. The lowest BCUT2D eigenvalue weighted by Gasteiger charge is -2.56. The lowest BCUT2D eigenvalue weighted by Crippen LogP contribution is -2.65. The normalized spacial score (nSPS) is 29.7. The van der Waals surface area contributed by atoms with Gasteiger partial charge in [-0.3, -0.25) is 19.3 Å². The summed E-state index contributed by atoms with van der Waals surface area (Å²) in [5.74, 6) is 0.686. The molecule has 3 heterocycles. The Bertz CT molecular complexity index is 1380. The van der Waals surface area contributed by atoms with E-state index in [-0.39, 0.29) is 35.4 Å². The summed E-state index contributed by atoms with van der Waals surface area (Å²) in [6.45, 7) is 3.24. The monoisotopic (exact) mass is 528 g/mol. The molecule has 39 heavy (non-hydrogen) atoms. The van der Waals surface area contributed by atoms with E-state index in [1.54, 1.807) is 24.3 Å². The number of esters is 1. The first kappa shape index (κ1) is 24.5. The maximum absolute atomic E-state index is 12.6. The van der Waals surface area contributed by atoms with Crippen LogP contribution in [0.4, 0.5) is 0 Å². The Morgan fingerprint density at radius 2 is 1.85 bits per heavy atom. The van der Waals surface area contributed by atoms with Gasteiger partial charge in [-0.05, 0) is 63.0 Å². The van der Waals surface area contributed by atoms with Crippen molar-refractivity contribution in [3.8, 4) is 11.5 Å². The fourth-order valence-electron chi connectivity index (χ4n) is 7.62. The number of likely N-dealkylation sites (tertiary alicyclic amines) is 1. The van der Waals surface area contributed by atoms with Crippen LogP contribution in [0.1, 0.15) is 58.0 Å². The number of ether oxygens (including phenoxy) is 3. The predicted octanol–water partition coefficient (Wildman–Crippen LogP) is 3.52. The Morgan fingerprint density at radius 3 is 2.59 bits per heavy atom. The number of amides is 2. The number of imide groups is 1. The molecule has 2 aliphatic carbocycles. The van der Waals surface area contributed by atoms with Crippen LogP contribution in [0, 0.1) is 5.92 Å². The van der Waals surface area contributed by atoms with Crippen LogP contribution in [0.25, 0.3) is 0 Å². The molecule has 3 aliphatic heterocycles. The van der Waals surface area contributed by atoms with Crippen LogP contribution in [0.5, 0.6) is 11.5 Å². The molecule has 1 spiro atoms. The summed E-state index contributed by atoms with van der Waals surface area (Å²) in [6.07, 6.45) is 7.28. The highest BCUT2D eigenvalue weighted by Gasteiger charge is 2.64. The van der Waals surface area contributed by atoms with E-state index in [9.17, 15) is 14.4 Å². The maximum atomic E-state index is 12.6. The second kappa shape index (κ2) is 9.03. The Kier molecular flexibility index (Phi) is 5.68. The van der Waals surface area contributed by atoms with Gasteiger partial charge in [-0.1, -0.05) is 30.4 Å². The molecule has 2 aromatic rings. The number of hydrogen-bond donors (Lipinski definition) is 0. The predicted molar refractivity (Wildman–Crippen MR) is 142 cm³/mol. The van der Waals surface area contributed by atoms with Crippen molar-refractivity contribution in [3.63, 3.8) is 0 Å². The highest BCUT2D eigenvalue weighted by molar-refractivity contribution is 6.21. The molecular weight excluding hydrogens is 496 g/mol. The molecule has 1 saturated heterocycles. The second-order valence-corrected chi connectivity index (χ2v) is 11.4. The molecule has 7 rings (SSSR count). The number of unbranched alkanes of at least 4 members (excludes halogenated alkanes) is 1. The highest BCUT2D eigenvalue weighted by Crippen LogP contribution is 2.62. The number of carbonyl (C=O) groups is 3. The zero-order valence-corrected chi connectivity index (χ0v) is 22.2. The molecule has 0 N–H and O–H groups in total. The summed E-state index contributed by atoms with van der Waals surface area (Å²) in [6, 6.07) is 11.3. The van der Waals surface area contributed by atoms with Crippen LogP contribution in [0.2, 0.25) is 0 Å². The summed E-state index contributed by atoms with van der Waals surface area (Å²) in [7, 11) is 2.20. The highest BCUT2D eigenvalue weighted by atomic mass is 16.6. The van der Waals surface area contributed by atoms with Gasteiger partial charge in [0.15, 0.2) is 11.5 Å². The van der Waals surface area contributed by atoms with E-state index in [4.69, 9.17) is 14.2 Å². The number of likely N-dealkylation sites (N-methyl/N-ethyl adjacent to an activating group) is 1. The Morgan fingerprint density at radius 1 is 1.08 bits per heavy atom. The van der Waals surface area contributed by atoms with Crippen molar-refractivity contribution in [2.24, 2.45) is 5.92 Å². The first-order valence-electron chi connectivity index (χ1n) is 13.9. The molecule has 1 fully saturated rings. The van der Waals surface area contributed by atoms with Crippen LogP contribution in [-0.4, -0.2) is 72.6 Å². The number of benzene rings is 2. The van der Waals surface area contributed by atoms with Gasteiger partial charge >= 0.3 is 5.97 Å². The van der Waals surface area contributed by atoms with Gasteiger partial charge in [0, 0.05) is 43.0 Å². The minimum atomic E-state index is -0.361. The average Bonchev–Trinajstić information content (AvgIpc) is 3.40. The molecule has 5 atom stereocenters. The lowest BCUT2D eigenvalue weighted by molar-refractivity contribution is -0.132. The van der Waals surface area contributed by atoms with E-state index in [1.165, 1.54) is 23.0 Å². The standard InChI is InChI=1S/C31H32N2O6/c1-18(34)38-24-11-9-19-17-23-22-10-12-25(28-31(22,13-15-32(23)2)26(19)27(24)39-28)37-16-6-5-14-33-29(35)20-7-3-4-8-21(20)30(33)36/h3-4,7-12,22-23,25,28H,5-6,13-17H2,1-2H3/t22-,23+,25?,28?,31-/m0/s1. The van der Waals surface area contributed by atoms with E-state index in [0.717, 1.165) is 19.4 Å². The Labute approximate surface area is 227 Å². The maximum Gasteiger partial charge on any atom is 0.308 e. The van der Waals surface area contributed by atoms with E-state index in [2.05, 4.69) is 30.2 Å². The molecule has 2 amide bonds. The Hall–Kier alpha value is -3.49. The van der Waals surface area contributed by atoms with Crippen molar-refractivity contribution in [3.05, 3.63) is 70.8 Å². The topological polar surface area (TPSA) is 85.4 Å². The van der Waals surface area contributed by atoms with Crippen molar-refractivity contribution in [1.29, 1.82) is 0 Å². The summed E-state index contributed by atoms with van der Waals surface area (Å²) >= 11 is 0.